The van der Waals surface area contributed by atoms with Crippen LogP contribution in [0.4, 0.5) is 0 Å². The summed E-state index contributed by atoms with van der Waals surface area (Å²) in [6, 6.07) is 0. The Hall–Kier alpha value is -0.340. The Kier molecular flexibility index (Phi) is 2.29. The van der Waals surface area contributed by atoms with Crippen LogP contribution < -0.4 is 0 Å². The largest absolute Gasteiger partial charge is 0.392 e. The fraction of sp³-hybridized carbons (Fsp3) is 0.846. The maximum Gasteiger partial charge on any atom is 0.0774 e. The van der Waals surface area contributed by atoms with Crippen molar-refractivity contribution in [1.82, 2.24) is 0 Å². The van der Waals surface area contributed by atoms with Gasteiger partial charge in [0, 0.05) is 5.92 Å². The van der Waals surface area contributed by atoms with Crippen molar-refractivity contribution in [2.24, 2.45) is 22.7 Å². The molecule has 5 atom stereocenters. The Morgan fingerprint density at radius 3 is 2.40 bits per heavy atom. The zero-order chi connectivity index (χ0) is 11.4. The van der Waals surface area contributed by atoms with Gasteiger partial charge in [-0.1, -0.05) is 26.8 Å². The molecule has 0 aromatic rings. The molecule has 2 N–H and O–H groups in total. The Morgan fingerprint density at radius 1 is 1.40 bits per heavy atom. The second kappa shape index (κ2) is 3.08. The molecule has 2 bridgehead atoms. The number of fused-ring (bicyclic) bond motifs is 2. The molecule has 2 nitrogen and oxygen atoms in total. The highest BCUT2D eigenvalue weighted by atomic mass is 16.3. The second-order valence-electron chi connectivity index (χ2n) is 6.03. The normalized spacial score (nSPS) is 49.3. The smallest absolute Gasteiger partial charge is 0.0774 e. The average Bonchev–Trinajstić information content (AvgIpc) is 2.48. The molecule has 0 aromatic carbocycles. The summed E-state index contributed by atoms with van der Waals surface area (Å²) in [5, 5.41) is 20.3. The third-order valence-corrected chi connectivity index (χ3v) is 5.49. The topological polar surface area (TPSA) is 40.5 Å². The van der Waals surface area contributed by atoms with E-state index in [1.165, 1.54) is 0 Å². The van der Waals surface area contributed by atoms with E-state index in [9.17, 15) is 10.2 Å². The summed E-state index contributed by atoms with van der Waals surface area (Å²) in [6.07, 6.45) is 2.81. The van der Waals surface area contributed by atoms with Crippen molar-refractivity contribution in [3.8, 4) is 0 Å². The summed E-state index contributed by atoms with van der Waals surface area (Å²) < 4.78 is 0. The molecule has 2 unspecified atom stereocenters. The van der Waals surface area contributed by atoms with Crippen LogP contribution in [0.15, 0.2) is 12.7 Å². The van der Waals surface area contributed by atoms with Gasteiger partial charge in [-0.2, -0.15) is 0 Å². The van der Waals surface area contributed by atoms with Crippen LogP contribution in [0.1, 0.15) is 33.6 Å². The molecule has 2 aliphatic rings. The van der Waals surface area contributed by atoms with Crippen LogP contribution in [0.5, 0.6) is 0 Å². The van der Waals surface area contributed by atoms with E-state index in [0.717, 1.165) is 12.8 Å². The predicted molar refractivity (Wildman–Crippen MR) is 60.3 cm³/mol. The highest BCUT2D eigenvalue weighted by Crippen LogP contribution is 2.68. The van der Waals surface area contributed by atoms with E-state index < -0.39 is 6.10 Å². The van der Waals surface area contributed by atoms with Crippen molar-refractivity contribution < 1.29 is 10.2 Å². The molecule has 0 amide bonds. The van der Waals surface area contributed by atoms with Gasteiger partial charge in [-0.15, -0.1) is 6.58 Å². The van der Waals surface area contributed by atoms with Gasteiger partial charge in [0.15, 0.2) is 0 Å². The van der Waals surface area contributed by atoms with E-state index in [0.29, 0.717) is 5.92 Å². The molecule has 0 aliphatic heterocycles. The van der Waals surface area contributed by atoms with Crippen LogP contribution in [0.2, 0.25) is 0 Å². The van der Waals surface area contributed by atoms with Crippen LogP contribution in [-0.4, -0.2) is 22.4 Å². The van der Waals surface area contributed by atoms with E-state index in [1.807, 2.05) is 0 Å². The number of aliphatic hydroxyl groups is 2. The quantitative estimate of drug-likeness (QED) is 0.684. The van der Waals surface area contributed by atoms with Crippen LogP contribution in [0, 0.1) is 22.7 Å². The molecule has 0 spiro atoms. The molecule has 86 valence electrons. The van der Waals surface area contributed by atoms with Gasteiger partial charge in [0.1, 0.15) is 0 Å². The predicted octanol–water partition coefficient (Wildman–Crippen LogP) is 1.97. The molecule has 2 rings (SSSR count). The average molecular weight is 210 g/mol. The molecule has 0 aromatic heterocycles. The minimum Gasteiger partial charge on any atom is -0.392 e. The third kappa shape index (κ3) is 1.12. The fourth-order valence-electron chi connectivity index (χ4n) is 3.99. The van der Waals surface area contributed by atoms with Crippen LogP contribution in [0.25, 0.3) is 0 Å². The number of hydrogen-bond donors (Lipinski definition) is 2. The van der Waals surface area contributed by atoms with Gasteiger partial charge in [-0.3, -0.25) is 0 Å². The maximum absolute atomic E-state index is 10.4. The minimum absolute atomic E-state index is 0.0174. The highest BCUT2D eigenvalue weighted by molar-refractivity contribution is 5.16. The standard InChI is InChI=1S/C13H22O2/c1-5-9(14)10-8-6-7-13(4,11(10)15)12(8,2)3/h5,8-11,14-15H,1,6-7H2,2-4H3/t8?,9-,10-,11+,13?/m0/s1. The van der Waals surface area contributed by atoms with E-state index in [4.69, 9.17) is 0 Å². The first-order valence-electron chi connectivity index (χ1n) is 5.85. The molecule has 2 fully saturated rings. The maximum atomic E-state index is 10.4. The fourth-order valence-corrected chi connectivity index (χ4v) is 3.99. The zero-order valence-electron chi connectivity index (χ0n) is 9.90. The Bertz CT molecular complexity index is 284. The molecule has 15 heavy (non-hydrogen) atoms. The molecule has 0 heterocycles. The molecule has 2 heteroatoms. The first-order chi connectivity index (χ1) is 6.86. The monoisotopic (exact) mass is 210 g/mol. The molecular formula is C13H22O2. The SMILES string of the molecule is C=C[C@H](O)[C@@H]1C2CCC(C)([C@@H]1O)C2(C)C. The Morgan fingerprint density at radius 2 is 2.00 bits per heavy atom. The van der Waals surface area contributed by atoms with Crippen molar-refractivity contribution in [3.05, 3.63) is 12.7 Å². The zero-order valence-corrected chi connectivity index (χ0v) is 9.90. The van der Waals surface area contributed by atoms with Gasteiger partial charge in [-0.05, 0) is 29.6 Å². The van der Waals surface area contributed by atoms with Gasteiger partial charge in [0.25, 0.3) is 0 Å². The van der Waals surface area contributed by atoms with Crippen LogP contribution in [0.3, 0.4) is 0 Å². The van der Waals surface area contributed by atoms with E-state index >= 15 is 0 Å². The van der Waals surface area contributed by atoms with Crippen molar-refractivity contribution in [2.45, 2.75) is 45.8 Å². The molecule has 0 radical (unpaired) electrons. The summed E-state index contributed by atoms with van der Waals surface area (Å²) in [4.78, 5) is 0. The summed E-state index contributed by atoms with van der Waals surface area (Å²) in [5.41, 5.74) is 0.0907. The summed E-state index contributed by atoms with van der Waals surface area (Å²) in [7, 11) is 0. The summed E-state index contributed by atoms with van der Waals surface area (Å²) in [6.45, 7) is 10.2. The van der Waals surface area contributed by atoms with Gasteiger partial charge in [0.05, 0.1) is 12.2 Å². The lowest BCUT2D eigenvalue weighted by atomic mass is 9.70. The minimum atomic E-state index is -0.564. The van der Waals surface area contributed by atoms with E-state index in [-0.39, 0.29) is 22.9 Å². The number of aliphatic hydroxyl groups excluding tert-OH is 2. The van der Waals surface area contributed by atoms with Crippen LogP contribution >= 0.6 is 0 Å². The number of rotatable bonds is 2. The van der Waals surface area contributed by atoms with Crippen molar-refractivity contribution in [3.63, 3.8) is 0 Å². The van der Waals surface area contributed by atoms with Gasteiger partial charge in [-0.25, -0.2) is 0 Å². The highest BCUT2D eigenvalue weighted by Gasteiger charge is 2.66. The van der Waals surface area contributed by atoms with E-state index in [1.54, 1.807) is 6.08 Å². The third-order valence-electron chi connectivity index (χ3n) is 5.49. The van der Waals surface area contributed by atoms with Crippen molar-refractivity contribution >= 4 is 0 Å². The first kappa shape index (κ1) is 11.2. The first-order valence-corrected chi connectivity index (χ1v) is 5.85. The van der Waals surface area contributed by atoms with Gasteiger partial charge in [0.2, 0.25) is 0 Å². The van der Waals surface area contributed by atoms with Crippen molar-refractivity contribution in [1.29, 1.82) is 0 Å². The van der Waals surface area contributed by atoms with Crippen molar-refractivity contribution in [2.75, 3.05) is 0 Å². The molecule has 0 saturated heterocycles. The van der Waals surface area contributed by atoms with Crippen LogP contribution in [-0.2, 0) is 0 Å². The molecule has 2 aliphatic carbocycles. The Labute approximate surface area is 92.0 Å². The second-order valence-corrected chi connectivity index (χ2v) is 6.03. The molecule has 2 saturated carbocycles. The lowest BCUT2D eigenvalue weighted by molar-refractivity contribution is -0.0383. The Balaban J connectivity index is 2.37. The van der Waals surface area contributed by atoms with Gasteiger partial charge >= 0.3 is 0 Å². The van der Waals surface area contributed by atoms with E-state index in [2.05, 4.69) is 27.4 Å². The lowest BCUT2D eigenvalue weighted by Crippen LogP contribution is -2.40. The lowest BCUT2D eigenvalue weighted by Gasteiger charge is -2.37. The number of hydrogen-bond acceptors (Lipinski definition) is 2. The van der Waals surface area contributed by atoms with Gasteiger partial charge < -0.3 is 10.2 Å². The molecular weight excluding hydrogens is 188 g/mol. The summed E-state index contributed by atoms with van der Waals surface area (Å²) >= 11 is 0. The summed E-state index contributed by atoms with van der Waals surface area (Å²) in [5.74, 6) is 0.404.